The Bertz CT molecular complexity index is 338. The molecule has 0 saturated carbocycles. The van der Waals surface area contributed by atoms with Gasteiger partial charge in [0.05, 0.1) is 5.69 Å². The van der Waals surface area contributed by atoms with Crippen molar-refractivity contribution >= 4 is 5.69 Å². The molecule has 1 fully saturated rings. The molecule has 87 valence electrons. The molecule has 0 N–H and O–H groups in total. The predicted octanol–water partition coefficient (Wildman–Crippen LogP) is 3.09. The number of ether oxygens (including phenoxy) is 1. The first-order valence-electron chi connectivity index (χ1n) is 5.38. The summed E-state index contributed by atoms with van der Waals surface area (Å²) in [7, 11) is 0. The monoisotopic (exact) mass is 226 g/mol. The first kappa shape index (κ1) is 11.2. The second-order valence-electron chi connectivity index (χ2n) is 3.72. The fraction of sp³-hybridized carbons (Fsp3) is 0.417. The molecule has 0 unspecified atom stereocenters. The van der Waals surface area contributed by atoms with E-state index in [9.17, 15) is 8.78 Å². The van der Waals surface area contributed by atoms with Gasteiger partial charge < -0.3 is 9.64 Å². The normalized spacial score (nSPS) is 16.6. The standard InChI is InChI=1S/C12H14F2NO/c13-12(14)16-11-7-3-2-6-10(11)15-8-4-1-5-9-15/h2-4,6-7,12H,1,5,8-9H2. The topological polar surface area (TPSA) is 12.5 Å². The minimum atomic E-state index is -2.77. The third-order valence-electron chi connectivity index (χ3n) is 2.61. The van der Waals surface area contributed by atoms with Crippen LogP contribution in [0.15, 0.2) is 24.3 Å². The highest BCUT2D eigenvalue weighted by Gasteiger charge is 2.16. The van der Waals surface area contributed by atoms with Crippen molar-refractivity contribution < 1.29 is 13.5 Å². The van der Waals surface area contributed by atoms with Crippen molar-refractivity contribution in [3.63, 3.8) is 0 Å². The van der Waals surface area contributed by atoms with E-state index in [4.69, 9.17) is 0 Å². The summed E-state index contributed by atoms with van der Waals surface area (Å²) < 4.78 is 28.9. The largest absolute Gasteiger partial charge is 0.433 e. The van der Waals surface area contributed by atoms with Gasteiger partial charge in [-0.2, -0.15) is 8.78 Å². The van der Waals surface area contributed by atoms with Crippen LogP contribution in [0.4, 0.5) is 14.5 Å². The van der Waals surface area contributed by atoms with E-state index < -0.39 is 6.61 Å². The van der Waals surface area contributed by atoms with E-state index >= 15 is 0 Å². The lowest BCUT2D eigenvalue weighted by Crippen LogP contribution is -2.30. The molecule has 1 aliphatic rings. The van der Waals surface area contributed by atoms with Crippen molar-refractivity contribution in [3.05, 3.63) is 30.7 Å². The van der Waals surface area contributed by atoms with Gasteiger partial charge in [0.2, 0.25) is 0 Å². The molecule has 0 atom stereocenters. The van der Waals surface area contributed by atoms with Gasteiger partial charge in [0.25, 0.3) is 0 Å². The number of hydrogen-bond acceptors (Lipinski definition) is 2. The van der Waals surface area contributed by atoms with Gasteiger partial charge in [-0.3, -0.25) is 0 Å². The Morgan fingerprint density at radius 3 is 2.75 bits per heavy atom. The minimum absolute atomic E-state index is 0.257. The van der Waals surface area contributed by atoms with Crippen molar-refractivity contribution in [1.82, 2.24) is 0 Å². The average molecular weight is 226 g/mol. The number of para-hydroxylation sites is 2. The van der Waals surface area contributed by atoms with Gasteiger partial charge in [0.1, 0.15) is 5.75 Å². The smallest absolute Gasteiger partial charge is 0.387 e. The maximum atomic E-state index is 12.2. The van der Waals surface area contributed by atoms with E-state index in [2.05, 4.69) is 16.1 Å². The van der Waals surface area contributed by atoms with Gasteiger partial charge >= 0.3 is 6.61 Å². The summed E-state index contributed by atoms with van der Waals surface area (Å²) in [6.45, 7) is -1.08. The zero-order valence-electron chi connectivity index (χ0n) is 8.90. The minimum Gasteiger partial charge on any atom is -0.433 e. The molecule has 0 spiro atoms. The van der Waals surface area contributed by atoms with E-state index in [1.165, 1.54) is 0 Å². The van der Waals surface area contributed by atoms with Crippen molar-refractivity contribution in [3.8, 4) is 5.75 Å². The molecule has 1 aromatic carbocycles. The molecule has 1 aliphatic heterocycles. The molecule has 0 aromatic heterocycles. The molecule has 4 heteroatoms. The number of rotatable bonds is 3. The van der Waals surface area contributed by atoms with E-state index in [0.29, 0.717) is 0 Å². The fourth-order valence-corrected chi connectivity index (χ4v) is 1.90. The Morgan fingerprint density at radius 1 is 1.25 bits per heavy atom. The van der Waals surface area contributed by atoms with Crippen LogP contribution in [0.2, 0.25) is 0 Å². The maximum absolute atomic E-state index is 12.2. The molecule has 2 nitrogen and oxygen atoms in total. The van der Waals surface area contributed by atoms with Gasteiger partial charge in [-0.1, -0.05) is 12.1 Å². The van der Waals surface area contributed by atoms with E-state index in [0.717, 1.165) is 31.6 Å². The van der Waals surface area contributed by atoms with Crippen LogP contribution in [0.3, 0.4) is 0 Å². The van der Waals surface area contributed by atoms with E-state index in [1.54, 1.807) is 12.1 Å². The van der Waals surface area contributed by atoms with Crippen LogP contribution in [0.1, 0.15) is 12.8 Å². The highest BCUT2D eigenvalue weighted by molar-refractivity contribution is 5.58. The predicted molar refractivity (Wildman–Crippen MR) is 58.8 cm³/mol. The van der Waals surface area contributed by atoms with Crippen molar-refractivity contribution in [1.29, 1.82) is 0 Å². The number of anilines is 1. The first-order valence-corrected chi connectivity index (χ1v) is 5.38. The van der Waals surface area contributed by atoms with Crippen LogP contribution in [-0.4, -0.2) is 19.7 Å². The average Bonchev–Trinajstić information content (AvgIpc) is 2.30. The van der Waals surface area contributed by atoms with Crippen molar-refractivity contribution in [2.24, 2.45) is 0 Å². The summed E-state index contributed by atoms with van der Waals surface area (Å²) >= 11 is 0. The number of hydrogen-bond donors (Lipinski definition) is 0. The molecule has 0 aliphatic carbocycles. The molecule has 1 saturated heterocycles. The summed E-state index contributed by atoms with van der Waals surface area (Å²) in [5, 5.41) is 0. The van der Waals surface area contributed by atoms with Crippen LogP contribution >= 0.6 is 0 Å². The van der Waals surface area contributed by atoms with Crippen LogP contribution in [-0.2, 0) is 0 Å². The molecule has 16 heavy (non-hydrogen) atoms. The van der Waals surface area contributed by atoms with Crippen LogP contribution in [0, 0.1) is 6.42 Å². The van der Waals surface area contributed by atoms with Gasteiger partial charge in [0, 0.05) is 13.1 Å². The highest BCUT2D eigenvalue weighted by atomic mass is 19.3. The molecule has 1 radical (unpaired) electrons. The molecule has 1 heterocycles. The molecule has 0 amide bonds. The van der Waals surface area contributed by atoms with Crippen LogP contribution < -0.4 is 9.64 Å². The molecular weight excluding hydrogens is 212 g/mol. The molecule has 0 bridgehead atoms. The number of piperidine rings is 1. The second-order valence-corrected chi connectivity index (χ2v) is 3.72. The van der Waals surface area contributed by atoms with E-state index in [1.807, 2.05) is 12.1 Å². The zero-order valence-corrected chi connectivity index (χ0v) is 8.90. The maximum Gasteiger partial charge on any atom is 0.387 e. The lowest BCUT2D eigenvalue weighted by molar-refractivity contribution is -0.0495. The number of halogens is 2. The molecular formula is C12H14F2NO. The Labute approximate surface area is 93.8 Å². The number of alkyl halides is 2. The molecule has 1 aromatic rings. The summed E-state index contributed by atoms with van der Waals surface area (Å²) in [4.78, 5) is 2.06. The quantitative estimate of drug-likeness (QED) is 0.785. The third-order valence-corrected chi connectivity index (χ3v) is 2.61. The van der Waals surface area contributed by atoms with Crippen LogP contribution in [0.25, 0.3) is 0 Å². The Hall–Kier alpha value is -1.32. The summed E-state index contributed by atoms with van der Waals surface area (Å²) in [5.41, 5.74) is 0.749. The number of nitrogens with zero attached hydrogens (tertiary/aromatic N) is 1. The van der Waals surface area contributed by atoms with Crippen LogP contribution in [0.5, 0.6) is 5.75 Å². The van der Waals surface area contributed by atoms with Gasteiger partial charge in [0.15, 0.2) is 0 Å². The summed E-state index contributed by atoms with van der Waals surface area (Å²) in [6.07, 6.45) is 4.31. The van der Waals surface area contributed by atoms with Crippen molar-refractivity contribution in [2.75, 3.05) is 18.0 Å². The van der Waals surface area contributed by atoms with Gasteiger partial charge in [-0.25, -0.2) is 0 Å². The summed E-state index contributed by atoms with van der Waals surface area (Å²) in [6, 6.07) is 6.93. The second kappa shape index (κ2) is 5.14. The van der Waals surface area contributed by atoms with Gasteiger partial charge in [-0.05, 0) is 31.4 Å². The lowest BCUT2D eigenvalue weighted by atomic mass is 10.1. The highest BCUT2D eigenvalue weighted by Crippen LogP contribution is 2.30. The van der Waals surface area contributed by atoms with E-state index in [-0.39, 0.29) is 5.75 Å². The Kier molecular flexibility index (Phi) is 3.59. The zero-order chi connectivity index (χ0) is 11.4. The number of benzene rings is 1. The third kappa shape index (κ3) is 2.62. The Morgan fingerprint density at radius 2 is 2.06 bits per heavy atom. The van der Waals surface area contributed by atoms with Crippen molar-refractivity contribution in [2.45, 2.75) is 19.5 Å². The fourth-order valence-electron chi connectivity index (χ4n) is 1.90. The lowest BCUT2D eigenvalue weighted by Gasteiger charge is -2.29. The Balaban J connectivity index is 2.17. The first-order chi connectivity index (χ1) is 7.77. The SMILES string of the molecule is FC(F)Oc1ccccc1N1C[CH]CCC1. The van der Waals surface area contributed by atoms with Gasteiger partial charge in [-0.15, -0.1) is 0 Å². The molecule has 2 rings (SSSR count). The summed E-state index contributed by atoms with van der Waals surface area (Å²) in [5.74, 6) is 0.257.